The molecule has 2 rings (SSSR count). The molecule has 2 heterocycles. The molecule has 2 aromatic rings. The summed E-state index contributed by atoms with van der Waals surface area (Å²) in [6, 6.07) is 1.66. The predicted octanol–water partition coefficient (Wildman–Crippen LogP) is 1.17. The van der Waals surface area contributed by atoms with E-state index in [1.807, 2.05) is 0 Å². The van der Waals surface area contributed by atoms with Crippen molar-refractivity contribution in [2.75, 3.05) is 26.1 Å². The molecule has 0 unspecified atom stereocenters. The standard InChI is InChI=1S/C15H18ClN5O7S/c1-5-28-14(22)11-12(16)19-21(2)13(11)29(24,25)20-15(23)18-9-6-8(26-3)7-10(17-9)27-4/h6-7H,5H2,1-4H3,(H2,17,18,20,23). The lowest BCUT2D eigenvalue weighted by atomic mass is 10.4. The van der Waals surface area contributed by atoms with E-state index < -0.39 is 32.6 Å². The summed E-state index contributed by atoms with van der Waals surface area (Å²) < 4.78 is 42.8. The number of nitrogens with one attached hydrogen (secondary N) is 2. The predicted molar refractivity (Wildman–Crippen MR) is 101 cm³/mol. The van der Waals surface area contributed by atoms with Crippen molar-refractivity contribution in [2.24, 2.45) is 7.05 Å². The third kappa shape index (κ3) is 5.06. The van der Waals surface area contributed by atoms with Crippen LogP contribution in [-0.2, 0) is 21.8 Å². The molecule has 0 aliphatic carbocycles. The number of carbonyl (C=O) groups excluding carboxylic acids is 2. The molecule has 0 aliphatic rings. The van der Waals surface area contributed by atoms with Crippen molar-refractivity contribution >= 4 is 39.4 Å². The van der Waals surface area contributed by atoms with Crippen LogP contribution in [0, 0.1) is 0 Å². The number of halogens is 1. The average Bonchev–Trinajstić information content (AvgIpc) is 2.95. The van der Waals surface area contributed by atoms with Crippen molar-refractivity contribution < 1.29 is 32.2 Å². The van der Waals surface area contributed by atoms with Crippen molar-refractivity contribution in [3.63, 3.8) is 0 Å². The van der Waals surface area contributed by atoms with Gasteiger partial charge in [-0.05, 0) is 6.92 Å². The molecule has 29 heavy (non-hydrogen) atoms. The van der Waals surface area contributed by atoms with Gasteiger partial charge in [-0.3, -0.25) is 10.00 Å². The highest BCUT2D eigenvalue weighted by molar-refractivity contribution is 7.90. The zero-order valence-corrected chi connectivity index (χ0v) is 17.4. The van der Waals surface area contributed by atoms with Gasteiger partial charge in [0.25, 0.3) is 10.0 Å². The number of ether oxygens (including phenoxy) is 3. The molecule has 0 saturated carbocycles. The minimum absolute atomic E-state index is 0.0131. The Hall–Kier alpha value is -3.06. The highest BCUT2D eigenvalue weighted by atomic mass is 35.5. The number of carbonyl (C=O) groups is 2. The molecular formula is C15H18ClN5O7S. The van der Waals surface area contributed by atoms with Gasteiger partial charge in [0.1, 0.15) is 17.1 Å². The van der Waals surface area contributed by atoms with E-state index in [-0.39, 0.29) is 23.5 Å². The fourth-order valence-corrected chi connectivity index (χ4v) is 3.81. The molecule has 0 bridgehead atoms. The minimum atomic E-state index is -4.55. The molecule has 2 aromatic heterocycles. The number of amides is 2. The number of aryl methyl sites for hydroxylation is 1. The molecule has 0 saturated heterocycles. The zero-order chi connectivity index (χ0) is 21.8. The molecule has 2 amide bonds. The molecule has 0 aromatic carbocycles. The number of nitrogens with zero attached hydrogens (tertiary/aromatic N) is 3. The number of sulfonamides is 1. The number of methoxy groups -OCH3 is 2. The van der Waals surface area contributed by atoms with Crippen LogP contribution in [0.5, 0.6) is 11.6 Å². The lowest BCUT2D eigenvalue weighted by molar-refractivity contribution is 0.0521. The summed E-state index contributed by atoms with van der Waals surface area (Å²) in [6.45, 7) is 1.53. The average molecular weight is 448 g/mol. The van der Waals surface area contributed by atoms with Gasteiger partial charge in [-0.25, -0.2) is 14.3 Å². The SMILES string of the molecule is CCOC(=O)c1c(Cl)nn(C)c1S(=O)(=O)NC(=O)Nc1cc(OC)cc(OC)n1. The second-order valence-electron chi connectivity index (χ2n) is 5.31. The van der Waals surface area contributed by atoms with Gasteiger partial charge < -0.3 is 14.2 Å². The van der Waals surface area contributed by atoms with Gasteiger partial charge in [-0.1, -0.05) is 11.6 Å². The van der Waals surface area contributed by atoms with Crippen LogP contribution >= 0.6 is 11.6 Å². The number of rotatable bonds is 7. The van der Waals surface area contributed by atoms with Crippen molar-refractivity contribution in [1.82, 2.24) is 19.5 Å². The van der Waals surface area contributed by atoms with Gasteiger partial charge in [0, 0.05) is 19.2 Å². The molecule has 0 aliphatic heterocycles. The Balaban J connectivity index is 2.31. The lowest BCUT2D eigenvalue weighted by Crippen LogP contribution is -2.36. The third-order valence-corrected chi connectivity index (χ3v) is 5.07. The molecule has 0 radical (unpaired) electrons. The van der Waals surface area contributed by atoms with Crippen LogP contribution in [-0.4, -0.2) is 56.0 Å². The van der Waals surface area contributed by atoms with Gasteiger partial charge >= 0.3 is 12.0 Å². The topological polar surface area (TPSA) is 151 Å². The summed E-state index contributed by atoms with van der Waals surface area (Å²) in [6.07, 6.45) is 0. The van der Waals surface area contributed by atoms with Crippen LogP contribution in [0.1, 0.15) is 17.3 Å². The monoisotopic (exact) mass is 447 g/mol. The first-order chi connectivity index (χ1) is 13.6. The van der Waals surface area contributed by atoms with Crippen LogP contribution in [0.25, 0.3) is 0 Å². The molecule has 2 N–H and O–H groups in total. The first kappa shape index (κ1) is 22.2. The number of hydrogen-bond acceptors (Lipinski definition) is 9. The molecule has 0 atom stereocenters. The minimum Gasteiger partial charge on any atom is -0.496 e. The maximum atomic E-state index is 12.7. The summed E-state index contributed by atoms with van der Waals surface area (Å²) in [5.41, 5.74) is -0.488. The van der Waals surface area contributed by atoms with Gasteiger partial charge in [0.15, 0.2) is 10.2 Å². The van der Waals surface area contributed by atoms with Crippen LogP contribution in [0.4, 0.5) is 10.6 Å². The second-order valence-corrected chi connectivity index (χ2v) is 7.26. The van der Waals surface area contributed by atoms with Crippen LogP contribution in [0.3, 0.4) is 0 Å². The summed E-state index contributed by atoms with van der Waals surface area (Å²) in [4.78, 5) is 28.3. The van der Waals surface area contributed by atoms with Crippen molar-refractivity contribution in [1.29, 1.82) is 0 Å². The van der Waals surface area contributed by atoms with Crippen LogP contribution in [0.15, 0.2) is 17.2 Å². The zero-order valence-electron chi connectivity index (χ0n) is 15.8. The van der Waals surface area contributed by atoms with Crippen LogP contribution in [0.2, 0.25) is 5.15 Å². The summed E-state index contributed by atoms with van der Waals surface area (Å²) >= 11 is 5.86. The van der Waals surface area contributed by atoms with E-state index in [0.29, 0.717) is 5.75 Å². The van der Waals surface area contributed by atoms with Crippen molar-refractivity contribution in [2.45, 2.75) is 11.9 Å². The molecule has 158 valence electrons. The largest absolute Gasteiger partial charge is 0.496 e. The highest BCUT2D eigenvalue weighted by Crippen LogP contribution is 2.25. The number of urea groups is 1. The maximum absolute atomic E-state index is 12.7. The Morgan fingerprint density at radius 3 is 2.52 bits per heavy atom. The van der Waals surface area contributed by atoms with Crippen LogP contribution < -0.4 is 19.5 Å². The van der Waals surface area contributed by atoms with E-state index in [1.165, 1.54) is 40.3 Å². The Morgan fingerprint density at radius 2 is 1.93 bits per heavy atom. The smallest absolute Gasteiger partial charge is 0.344 e. The molecule has 14 heteroatoms. The second kappa shape index (κ2) is 8.96. The van der Waals surface area contributed by atoms with E-state index in [1.54, 1.807) is 4.72 Å². The third-order valence-electron chi connectivity index (χ3n) is 3.37. The Labute approximate surface area is 171 Å². The first-order valence-electron chi connectivity index (χ1n) is 7.96. The molecular weight excluding hydrogens is 430 g/mol. The quantitative estimate of drug-likeness (QED) is 0.596. The lowest BCUT2D eigenvalue weighted by Gasteiger charge is -2.11. The summed E-state index contributed by atoms with van der Waals surface area (Å²) in [5.74, 6) is -0.586. The number of pyridine rings is 1. The fraction of sp³-hybridized carbons (Fsp3) is 0.333. The van der Waals surface area contributed by atoms with Gasteiger partial charge in [-0.15, -0.1) is 0 Å². The molecule has 12 nitrogen and oxygen atoms in total. The Bertz CT molecular complexity index is 1020. The van der Waals surface area contributed by atoms with Crippen molar-refractivity contribution in [3.8, 4) is 11.6 Å². The Kier molecular flexibility index (Phi) is 6.87. The normalized spacial score (nSPS) is 10.9. The van der Waals surface area contributed by atoms with Gasteiger partial charge in [0.05, 0.1) is 20.8 Å². The number of anilines is 1. The van der Waals surface area contributed by atoms with Crippen molar-refractivity contribution in [3.05, 3.63) is 22.8 Å². The van der Waals surface area contributed by atoms with E-state index in [9.17, 15) is 18.0 Å². The fourth-order valence-electron chi connectivity index (χ4n) is 2.24. The molecule has 0 spiro atoms. The number of hydrogen-bond donors (Lipinski definition) is 2. The highest BCUT2D eigenvalue weighted by Gasteiger charge is 2.33. The number of aromatic nitrogens is 3. The van der Waals surface area contributed by atoms with E-state index >= 15 is 0 Å². The number of esters is 1. The summed E-state index contributed by atoms with van der Waals surface area (Å²) in [5, 5.41) is 4.92. The molecule has 0 fully saturated rings. The van der Waals surface area contributed by atoms with Gasteiger partial charge in [0.2, 0.25) is 5.88 Å². The van der Waals surface area contributed by atoms with E-state index in [0.717, 1.165) is 4.68 Å². The van der Waals surface area contributed by atoms with E-state index in [2.05, 4.69) is 15.4 Å². The van der Waals surface area contributed by atoms with E-state index in [4.69, 9.17) is 25.8 Å². The Morgan fingerprint density at radius 1 is 1.24 bits per heavy atom. The summed E-state index contributed by atoms with van der Waals surface area (Å²) in [7, 11) is -0.551. The maximum Gasteiger partial charge on any atom is 0.344 e. The van der Waals surface area contributed by atoms with Gasteiger partial charge in [-0.2, -0.15) is 18.5 Å². The first-order valence-corrected chi connectivity index (χ1v) is 9.82.